The van der Waals surface area contributed by atoms with Crippen molar-refractivity contribution >= 4 is 18.3 Å². The molecule has 112 valence electrons. The second-order valence-electron chi connectivity index (χ2n) is 5.68. The van der Waals surface area contributed by atoms with Crippen molar-refractivity contribution < 1.29 is 4.79 Å². The SMILES string of the molecule is CC1CCCC(NC(=O)C(CN)c2ccccc2)C1.Cl. The lowest BCUT2D eigenvalue weighted by atomic mass is 9.86. The van der Waals surface area contributed by atoms with Gasteiger partial charge in [-0.3, -0.25) is 4.79 Å². The molecule has 4 heteroatoms. The van der Waals surface area contributed by atoms with Gasteiger partial charge in [-0.25, -0.2) is 0 Å². The molecule has 0 bridgehead atoms. The maximum Gasteiger partial charge on any atom is 0.229 e. The van der Waals surface area contributed by atoms with Crippen LogP contribution in [-0.4, -0.2) is 18.5 Å². The molecule has 0 radical (unpaired) electrons. The fourth-order valence-electron chi connectivity index (χ4n) is 2.95. The van der Waals surface area contributed by atoms with Crippen molar-refractivity contribution in [2.24, 2.45) is 11.7 Å². The highest BCUT2D eigenvalue weighted by molar-refractivity contribution is 5.85. The monoisotopic (exact) mass is 296 g/mol. The lowest BCUT2D eigenvalue weighted by Gasteiger charge is -2.29. The molecule has 1 aliphatic carbocycles. The number of nitrogens with one attached hydrogen (secondary N) is 1. The van der Waals surface area contributed by atoms with E-state index in [1.54, 1.807) is 0 Å². The maximum absolute atomic E-state index is 12.4. The number of rotatable bonds is 4. The highest BCUT2D eigenvalue weighted by atomic mass is 35.5. The number of benzene rings is 1. The topological polar surface area (TPSA) is 55.1 Å². The lowest BCUT2D eigenvalue weighted by Crippen LogP contribution is -2.42. The predicted octanol–water partition coefficient (Wildman–Crippen LogP) is 2.85. The number of amides is 1. The third-order valence-electron chi connectivity index (χ3n) is 4.04. The first-order chi connectivity index (χ1) is 9.20. The molecule has 0 aliphatic heterocycles. The van der Waals surface area contributed by atoms with Crippen LogP contribution < -0.4 is 11.1 Å². The van der Waals surface area contributed by atoms with E-state index in [4.69, 9.17) is 5.73 Å². The van der Waals surface area contributed by atoms with E-state index < -0.39 is 0 Å². The Hall–Kier alpha value is -1.06. The Bertz CT molecular complexity index is 410. The molecule has 2 rings (SSSR count). The second-order valence-corrected chi connectivity index (χ2v) is 5.68. The van der Waals surface area contributed by atoms with Crippen LogP contribution in [-0.2, 0) is 4.79 Å². The van der Waals surface area contributed by atoms with Crippen LogP contribution in [0.15, 0.2) is 30.3 Å². The first kappa shape index (κ1) is 17.0. The molecular weight excluding hydrogens is 272 g/mol. The van der Waals surface area contributed by atoms with E-state index in [2.05, 4.69) is 12.2 Å². The van der Waals surface area contributed by atoms with Gasteiger partial charge in [-0.1, -0.05) is 50.1 Å². The van der Waals surface area contributed by atoms with Gasteiger partial charge in [-0.2, -0.15) is 0 Å². The molecule has 1 fully saturated rings. The third-order valence-corrected chi connectivity index (χ3v) is 4.04. The molecule has 1 saturated carbocycles. The molecule has 0 saturated heterocycles. The highest BCUT2D eigenvalue weighted by Gasteiger charge is 2.24. The first-order valence-corrected chi connectivity index (χ1v) is 7.26. The summed E-state index contributed by atoms with van der Waals surface area (Å²) in [5.41, 5.74) is 6.78. The maximum atomic E-state index is 12.4. The zero-order valence-corrected chi connectivity index (χ0v) is 12.9. The van der Waals surface area contributed by atoms with Crippen molar-refractivity contribution in [2.75, 3.05) is 6.54 Å². The van der Waals surface area contributed by atoms with Crippen molar-refractivity contribution in [3.63, 3.8) is 0 Å². The van der Waals surface area contributed by atoms with E-state index in [-0.39, 0.29) is 24.2 Å². The van der Waals surface area contributed by atoms with Crippen LogP contribution >= 0.6 is 12.4 Å². The van der Waals surface area contributed by atoms with Crippen molar-refractivity contribution in [3.05, 3.63) is 35.9 Å². The number of hydrogen-bond acceptors (Lipinski definition) is 2. The van der Waals surface area contributed by atoms with Gasteiger partial charge < -0.3 is 11.1 Å². The number of carbonyl (C=O) groups excluding carboxylic acids is 1. The summed E-state index contributed by atoms with van der Waals surface area (Å²) in [6.07, 6.45) is 4.69. The minimum Gasteiger partial charge on any atom is -0.353 e. The minimum absolute atomic E-state index is 0. The smallest absolute Gasteiger partial charge is 0.229 e. The summed E-state index contributed by atoms with van der Waals surface area (Å²) in [6.45, 7) is 2.62. The van der Waals surface area contributed by atoms with E-state index in [0.717, 1.165) is 18.4 Å². The summed E-state index contributed by atoms with van der Waals surface area (Å²) in [7, 11) is 0. The minimum atomic E-state index is -0.224. The third kappa shape index (κ3) is 4.50. The molecule has 1 aromatic rings. The fraction of sp³-hybridized carbons (Fsp3) is 0.562. The molecule has 0 aromatic heterocycles. The molecular formula is C16H25ClN2O. The van der Waals surface area contributed by atoms with Crippen LogP contribution in [0.5, 0.6) is 0 Å². The van der Waals surface area contributed by atoms with Crippen molar-refractivity contribution in [1.82, 2.24) is 5.32 Å². The average Bonchev–Trinajstić information content (AvgIpc) is 2.41. The quantitative estimate of drug-likeness (QED) is 0.897. The van der Waals surface area contributed by atoms with Crippen LogP contribution in [0, 0.1) is 5.92 Å². The molecule has 1 aliphatic rings. The van der Waals surface area contributed by atoms with Gasteiger partial charge in [-0.15, -0.1) is 12.4 Å². The summed E-state index contributed by atoms with van der Waals surface area (Å²) in [5.74, 6) is 0.568. The van der Waals surface area contributed by atoms with Gasteiger partial charge >= 0.3 is 0 Å². The fourth-order valence-corrected chi connectivity index (χ4v) is 2.95. The van der Waals surface area contributed by atoms with Gasteiger partial charge in [0.15, 0.2) is 0 Å². The molecule has 1 amide bonds. The summed E-state index contributed by atoms with van der Waals surface area (Å²) in [5, 5.41) is 3.18. The average molecular weight is 297 g/mol. The Balaban J connectivity index is 0.00000200. The summed E-state index contributed by atoms with van der Waals surface area (Å²) in [4.78, 5) is 12.4. The van der Waals surface area contributed by atoms with Gasteiger partial charge in [0.05, 0.1) is 5.92 Å². The number of hydrogen-bond donors (Lipinski definition) is 2. The Morgan fingerprint density at radius 2 is 2.05 bits per heavy atom. The van der Waals surface area contributed by atoms with Crippen LogP contribution in [0.3, 0.4) is 0 Å². The van der Waals surface area contributed by atoms with Gasteiger partial charge in [0, 0.05) is 12.6 Å². The predicted molar refractivity (Wildman–Crippen MR) is 85.0 cm³/mol. The van der Waals surface area contributed by atoms with Crippen molar-refractivity contribution in [3.8, 4) is 0 Å². The number of carbonyl (C=O) groups is 1. The van der Waals surface area contributed by atoms with E-state index in [9.17, 15) is 4.79 Å². The van der Waals surface area contributed by atoms with E-state index in [0.29, 0.717) is 18.5 Å². The first-order valence-electron chi connectivity index (χ1n) is 7.26. The number of nitrogens with two attached hydrogens (primary N) is 1. The normalized spacial score (nSPS) is 23.5. The zero-order chi connectivity index (χ0) is 13.7. The second kappa shape index (κ2) is 8.28. The summed E-state index contributed by atoms with van der Waals surface area (Å²) >= 11 is 0. The highest BCUT2D eigenvalue weighted by Crippen LogP contribution is 2.24. The number of halogens is 1. The standard InChI is InChI=1S/C16H24N2O.ClH/c1-12-6-5-9-14(10-12)18-16(19)15(11-17)13-7-3-2-4-8-13;/h2-4,7-8,12,14-15H,5-6,9-11,17H2,1H3,(H,18,19);1H. The van der Waals surface area contributed by atoms with E-state index in [1.807, 2.05) is 30.3 Å². The Morgan fingerprint density at radius 3 is 2.65 bits per heavy atom. The molecule has 20 heavy (non-hydrogen) atoms. The molecule has 3 unspecified atom stereocenters. The Labute approximate surface area is 127 Å². The summed E-state index contributed by atoms with van der Waals surface area (Å²) in [6, 6.07) is 10.1. The van der Waals surface area contributed by atoms with Gasteiger partial charge in [-0.05, 0) is 24.3 Å². The molecule has 3 N–H and O–H groups in total. The van der Waals surface area contributed by atoms with Crippen LogP contribution in [0.4, 0.5) is 0 Å². The molecule has 0 spiro atoms. The van der Waals surface area contributed by atoms with Crippen LogP contribution in [0.1, 0.15) is 44.1 Å². The van der Waals surface area contributed by atoms with Crippen molar-refractivity contribution in [1.29, 1.82) is 0 Å². The zero-order valence-electron chi connectivity index (χ0n) is 12.0. The molecule has 3 nitrogen and oxygen atoms in total. The molecule has 1 aromatic carbocycles. The van der Waals surface area contributed by atoms with Crippen LogP contribution in [0.2, 0.25) is 0 Å². The van der Waals surface area contributed by atoms with Crippen molar-refractivity contribution in [2.45, 2.75) is 44.6 Å². The van der Waals surface area contributed by atoms with E-state index >= 15 is 0 Å². The lowest BCUT2D eigenvalue weighted by molar-refractivity contribution is -0.123. The largest absolute Gasteiger partial charge is 0.353 e. The summed E-state index contributed by atoms with van der Waals surface area (Å²) < 4.78 is 0. The Morgan fingerprint density at radius 1 is 1.35 bits per heavy atom. The van der Waals surface area contributed by atoms with E-state index in [1.165, 1.54) is 12.8 Å². The molecule has 3 atom stereocenters. The van der Waals surface area contributed by atoms with Gasteiger partial charge in [0.2, 0.25) is 5.91 Å². The molecule has 0 heterocycles. The van der Waals surface area contributed by atoms with Gasteiger partial charge in [0.25, 0.3) is 0 Å². The van der Waals surface area contributed by atoms with Crippen LogP contribution in [0.25, 0.3) is 0 Å². The Kier molecular flexibility index (Phi) is 7.03. The van der Waals surface area contributed by atoms with Gasteiger partial charge in [0.1, 0.15) is 0 Å².